The number of rotatable bonds is 0. The van der Waals surface area contributed by atoms with Crippen LogP contribution in [0, 0.1) is 34.5 Å². The summed E-state index contributed by atoms with van der Waals surface area (Å²) in [6.07, 6.45) is 6.75. The highest BCUT2D eigenvalue weighted by atomic mass is 16.3. The van der Waals surface area contributed by atoms with Crippen LogP contribution in [0.4, 0.5) is 0 Å². The van der Waals surface area contributed by atoms with Crippen molar-refractivity contribution in [2.24, 2.45) is 34.5 Å². The van der Waals surface area contributed by atoms with E-state index in [1.165, 1.54) is 5.57 Å². The van der Waals surface area contributed by atoms with E-state index in [9.17, 15) is 15.0 Å². The van der Waals surface area contributed by atoms with E-state index in [1.807, 2.05) is 6.08 Å². The van der Waals surface area contributed by atoms with Crippen LogP contribution in [-0.2, 0) is 4.79 Å². The van der Waals surface area contributed by atoms with Crippen molar-refractivity contribution < 1.29 is 15.0 Å². The average molecular weight is 318 g/mol. The summed E-state index contributed by atoms with van der Waals surface area (Å²) in [5.41, 5.74) is 1.10. The van der Waals surface area contributed by atoms with E-state index >= 15 is 0 Å². The Morgan fingerprint density at radius 3 is 2.61 bits per heavy atom. The zero-order chi connectivity index (χ0) is 16.6. The minimum atomic E-state index is -0.379. The summed E-state index contributed by atoms with van der Waals surface area (Å²) in [5, 5.41) is 21.9. The van der Waals surface area contributed by atoms with Crippen LogP contribution in [0.15, 0.2) is 11.6 Å². The van der Waals surface area contributed by atoms with Gasteiger partial charge in [-0.05, 0) is 67.3 Å². The Kier molecular flexibility index (Phi) is 3.39. The lowest BCUT2D eigenvalue weighted by atomic mass is 9.44. The molecule has 23 heavy (non-hydrogen) atoms. The van der Waals surface area contributed by atoms with Crippen LogP contribution in [0.1, 0.15) is 59.3 Å². The Balaban J connectivity index is 1.78. The molecule has 0 radical (unpaired) electrons. The van der Waals surface area contributed by atoms with Crippen LogP contribution in [0.3, 0.4) is 0 Å². The van der Waals surface area contributed by atoms with Gasteiger partial charge in [-0.1, -0.05) is 26.3 Å². The minimum absolute atomic E-state index is 0.0284. The number of carbonyl (C=O) groups excluding carboxylic acids is 1. The lowest BCUT2D eigenvalue weighted by Gasteiger charge is -2.61. The third-order valence-electron chi connectivity index (χ3n) is 8.55. The topological polar surface area (TPSA) is 57.5 Å². The highest BCUT2D eigenvalue weighted by Gasteiger charge is 2.64. The molecule has 0 aromatic rings. The number of allylic oxidation sites excluding steroid dienone is 1. The molecule has 4 aliphatic rings. The van der Waals surface area contributed by atoms with Crippen molar-refractivity contribution in [2.45, 2.75) is 71.5 Å². The summed E-state index contributed by atoms with van der Waals surface area (Å²) < 4.78 is 0. The second kappa shape index (κ2) is 4.92. The van der Waals surface area contributed by atoms with Crippen molar-refractivity contribution in [3.05, 3.63) is 11.6 Å². The van der Waals surface area contributed by atoms with E-state index in [2.05, 4.69) is 20.8 Å². The summed E-state index contributed by atoms with van der Waals surface area (Å²) in [7, 11) is 0. The standard InChI is InChI=1S/C20H30O3/c1-11-18(23)17-14(15-6-7-16(22)20(11,15)3)5-4-12-10-13(21)8-9-19(12,17)2/h10-11,14-18,22-23H,4-9H2,1-3H3/t11-,14-,15-,16-,17+,18-,19-,20-/m0/s1. The first-order chi connectivity index (χ1) is 10.8. The molecule has 0 spiro atoms. The Morgan fingerprint density at radius 2 is 1.87 bits per heavy atom. The van der Waals surface area contributed by atoms with Crippen LogP contribution in [-0.4, -0.2) is 28.2 Å². The number of ketones is 1. The molecule has 3 saturated carbocycles. The molecule has 0 heterocycles. The summed E-state index contributed by atoms with van der Waals surface area (Å²) in [4.78, 5) is 11.9. The fourth-order valence-electron chi connectivity index (χ4n) is 6.97. The van der Waals surface area contributed by atoms with Gasteiger partial charge in [-0.15, -0.1) is 0 Å². The first-order valence-electron chi connectivity index (χ1n) is 9.40. The Morgan fingerprint density at radius 1 is 1.13 bits per heavy atom. The predicted molar refractivity (Wildman–Crippen MR) is 88.7 cm³/mol. The first kappa shape index (κ1) is 15.8. The van der Waals surface area contributed by atoms with Crippen LogP contribution in [0.25, 0.3) is 0 Å². The minimum Gasteiger partial charge on any atom is -0.393 e. The number of hydrogen-bond acceptors (Lipinski definition) is 3. The Bertz CT molecular complexity index is 567. The van der Waals surface area contributed by atoms with E-state index in [1.54, 1.807) is 0 Å². The van der Waals surface area contributed by atoms with Gasteiger partial charge in [0.1, 0.15) is 0 Å². The third kappa shape index (κ3) is 1.87. The largest absolute Gasteiger partial charge is 0.393 e. The molecule has 3 nitrogen and oxygen atoms in total. The monoisotopic (exact) mass is 318 g/mol. The molecule has 0 saturated heterocycles. The highest BCUT2D eigenvalue weighted by molar-refractivity contribution is 5.91. The number of hydrogen-bond donors (Lipinski definition) is 2. The Hall–Kier alpha value is -0.670. The van der Waals surface area contributed by atoms with E-state index in [0.717, 1.165) is 32.1 Å². The SMILES string of the molecule is C[C@H]1[C@H](O)[C@H]2[C@@H](CCC3=CC(=O)CC[C@@]32C)[C@@H]2CC[C@H](O)[C@@]12C. The smallest absolute Gasteiger partial charge is 0.155 e. The van der Waals surface area contributed by atoms with Gasteiger partial charge in [-0.25, -0.2) is 0 Å². The highest BCUT2D eigenvalue weighted by Crippen LogP contribution is 2.66. The van der Waals surface area contributed by atoms with Gasteiger partial charge in [0.15, 0.2) is 5.78 Å². The van der Waals surface area contributed by atoms with Crippen LogP contribution >= 0.6 is 0 Å². The normalized spacial score (nSPS) is 55.7. The molecule has 0 bridgehead atoms. The molecule has 3 fully saturated rings. The maximum Gasteiger partial charge on any atom is 0.155 e. The van der Waals surface area contributed by atoms with Gasteiger partial charge in [-0.2, -0.15) is 0 Å². The van der Waals surface area contributed by atoms with E-state index in [4.69, 9.17) is 0 Å². The van der Waals surface area contributed by atoms with Gasteiger partial charge in [0.05, 0.1) is 12.2 Å². The second-order valence-corrected chi connectivity index (χ2v) is 9.13. The summed E-state index contributed by atoms with van der Waals surface area (Å²) >= 11 is 0. The molecule has 0 amide bonds. The first-order valence-corrected chi connectivity index (χ1v) is 9.40. The molecule has 3 heteroatoms. The predicted octanol–water partition coefficient (Wildman–Crippen LogP) is 3.10. The van der Waals surface area contributed by atoms with Gasteiger partial charge in [0.2, 0.25) is 0 Å². The molecule has 0 aliphatic heterocycles. The third-order valence-corrected chi connectivity index (χ3v) is 8.55. The van der Waals surface area contributed by atoms with Crippen molar-refractivity contribution in [2.75, 3.05) is 0 Å². The summed E-state index contributed by atoms with van der Waals surface area (Å²) in [5.74, 6) is 1.61. The summed E-state index contributed by atoms with van der Waals surface area (Å²) in [6, 6.07) is 0. The van der Waals surface area contributed by atoms with Gasteiger partial charge >= 0.3 is 0 Å². The molecule has 2 N–H and O–H groups in total. The van der Waals surface area contributed by atoms with Crippen molar-refractivity contribution in [1.82, 2.24) is 0 Å². The molecule has 4 rings (SSSR count). The van der Waals surface area contributed by atoms with Gasteiger partial charge < -0.3 is 10.2 Å². The molecule has 0 unspecified atom stereocenters. The molecule has 8 atom stereocenters. The van der Waals surface area contributed by atoms with Crippen molar-refractivity contribution in [3.63, 3.8) is 0 Å². The maximum absolute atomic E-state index is 11.9. The van der Waals surface area contributed by atoms with E-state index in [0.29, 0.717) is 18.3 Å². The van der Waals surface area contributed by atoms with E-state index < -0.39 is 0 Å². The van der Waals surface area contributed by atoms with Gasteiger partial charge in [0.25, 0.3) is 0 Å². The Labute approximate surface area is 139 Å². The second-order valence-electron chi connectivity index (χ2n) is 9.13. The molecular formula is C20H30O3. The fraction of sp³-hybridized carbons (Fsp3) is 0.850. The van der Waals surface area contributed by atoms with E-state index in [-0.39, 0.29) is 40.7 Å². The van der Waals surface area contributed by atoms with Gasteiger partial charge in [0, 0.05) is 11.8 Å². The van der Waals surface area contributed by atoms with Crippen molar-refractivity contribution in [1.29, 1.82) is 0 Å². The van der Waals surface area contributed by atoms with Crippen LogP contribution in [0.5, 0.6) is 0 Å². The zero-order valence-corrected chi connectivity index (χ0v) is 14.6. The number of aliphatic hydroxyl groups excluding tert-OH is 2. The zero-order valence-electron chi connectivity index (χ0n) is 14.6. The van der Waals surface area contributed by atoms with Crippen LogP contribution < -0.4 is 0 Å². The van der Waals surface area contributed by atoms with Crippen molar-refractivity contribution >= 4 is 5.78 Å². The lowest BCUT2D eigenvalue weighted by molar-refractivity contribution is -0.176. The molecule has 128 valence electrons. The fourth-order valence-corrected chi connectivity index (χ4v) is 6.97. The number of fused-ring (bicyclic) bond motifs is 5. The lowest BCUT2D eigenvalue weighted by Crippen LogP contribution is -2.61. The maximum atomic E-state index is 11.9. The van der Waals surface area contributed by atoms with Gasteiger partial charge in [-0.3, -0.25) is 4.79 Å². The average Bonchev–Trinajstić information content (AvgIpc) is 2.82. The van der Waals surface area contributed by atoms with Crippen molar-refractivity contribution in [3.8, 4) is 0 Å². The number of aliphatic hydroxyl groups is 2. The molecule has 4 aliphatic carbocycles. The summed E-state index contributed by atoms with van der Waals surface area (Å²) in [6.45, 7) is 6.63. The number of carbonyl (C=O) groups is 1. The molecular weight excluding hydrogens is 288 g/mol. The quantitative estimate of drug-likeness (QED) is 0.721. The molecule has 0 aromatic heterocycles. The van der Waals surface area contributed by atoms with Crippen LogP contribution in [0.2, 0.25) is 0 Å². The molecule has 0 aromatic carbocycles.